The maximum absolute atomic E-state index is 5.30. The number of pyridine rings is 1. The summed E-state index contributed by atoms with van der Waals surface area (Å²) in [5.41, 5.74) is 6.67. The van der Waals surface area contributed by atoms with Crippen LogP contribution in [0.5, 0.6) is 0 Å². The molecular formula is C35H32N4S. The van der Waals surface area contributed by atoms with Crippen molar-refractivity contribution in [1.29, 1.82) is 0 Å². The van der Waals surface area contributed by atoms with E-state index >= 15 is 0 Å². The Kier molecular flexibility index (Phi) is 7.64. The first kappa shape index (κ1) is 25.9. The zero-order valence-electron chi connectivity index (χ0n) is 22.5. The van der Waals surface area contributed by atoms with Crippen molar-refractivity contribution in [3.05, 3.63) is 162 Å². The van der Waals surface area contributed by atoms with Crippen molar-refractivity contribution in [2.75, 3.05) is 9.91 Å². The second kappa shape index (κ2) is 11.8. The standard InChI is InChI=1S/C35H32N4S/c1-26(24-27-14-5-2-6-15-27)28-16-13-17-29(25-28)34-37-39(31-20-9-4-10-21-31)35(33(40)32-22-11-12-23-36-32)38(34)30-18-7-3-8-19-30/h2-23,25-26,33,35,40H,24H2,1H3. The summed E-state index contributed by atoms with van der Waals surface area (Å²) in [7, 11) is 0. The van der Waals surface area contributed by atoms with Gasteiger partial charge in [-0.05, 0) is 65.9 Å². The van der Waals surface area contributed by atoms with Crippen molar-refractivity contribution >= 4 is 29.8 Å². The van der Waals surface area contributed by atoms with Gasteiger partial charge in [0, 0.05) is 17.4 Å². The van der Waals surface area contributed by atoms with Gasteiger partial charge in [-0.3, -0.25) is 4.98 Å². The summed E-state index contributed by atoms with van der Waals surface area (Å²) in [6.45, 7) is 2.29. The molecule has 0 spiro atoms. The highest BCUT2D eigenvalue weighted by molar-refractivity contribution is 7.80. The quantitative estimate of drug-likeness (QED) is 0.202. The van der Waals surface area contributed by atoms with Gasteiger partial charge in [0.25, 0.3) is 0 Å². The van der Waals surface area contributed by atoms with E-state index in [0.717, 1.165) is 34.9 Å². The molecule has 1 aliphatic heterocycles. The predicted molar refractivity (Wildman–Crippen MR) is 169 cm³/mol. The van der Waals surface area contributed by atoms with Crippen LogP contribution in [0.1, 0.15) is 40.5 Å². The minimum absolute atomic E-state index is 0.233. The number of para-hydroxylation sites is 2. The number of nitrogens with zero attached hydrogens (tertiary/aromatic N) is 4. The monoisotopic (exact) mass is 540 g/mol. The summed E-state index contributed by atoms with van der Waals surface area (Å²) in [4.78, 5) is 6.98. The zero-order chi connectivity index (χ0) is 27.3. The van der Waals surface area contributed by atoms with Crippen LogP contribution in [0, 0.1) is 0 Å². The van der Waals surface area contributed by atoms with E-state index in [4.69, 9.17) is 17.7 Å². The van der Waals surface area contributed by atoms with Crippen molar-refractivity contribution in [2.24, 2.45) is 5.10 Å². The number of anilines is 2. The summed E-state index contributed by atoms with van der Waals surface area (Å²) in [5.74, 6) is 1.26. The molecule has 0 bridgehead atoms. The minimum Gasteiger partial charge on any atom is -0.300 e. The fraction of sp³-hybridized carbons (Fsp3) is 0.143. The van der Waals surface area contributed by atoms with E-state index in [0.29, 0.717) is 5.92 Å². The van der Waals surface area contributed by atoms with Crippen LogP contribution in [0.25, 0.3) is 0 Å². The Bertz CT molecular complexity index is 1560. The van der Waals surface area contributed by atoms with Gasteiger partial charge < -0.3 is 4.90 Å². The van der Waals surface area contributed by atoms with E-state index in [9.17, 15) is 0 Å². The highest BCUT2D eigenvalue weighted by Crippen LogP contribution is 2.39. The molecule has 4 nitrogen and oxygen atoms in total. The van der Waals surface area contributed by atoms with Gasteiger partial charge in [0.05, 0.1) is 16.6 Å². The molecular weight excluding hydrogens is 508 g/mol. The third-order valence-corrected chi connectivity index (χ3v) is 7.90. The van der Waals surface area contributed by atoms with Crippen molar-refractivity contribution in [2.45, 2.75) is 30.7 Å². The lowest BCUT2D eigenvalue weighted by Gasteiger charge is -2.35. The summed E-state index contributed by atoms with van der Waals surface area (Å²) in [5, 5.41) is 7.16. The lowest BCUT2D eigenvalue weighted by atomic mass is 9.92. The molecule has 2 heterocycles. The Labute approximate surface area is 242 Å². The van der Waals surface area contributed by atoms with Crippen LogP contribution in [0.15, 0.2) is 145 Å². The van der Waals surface area contributed by atoms with Crippen LogP contribution in [-0.2, 0) is 6.42 Å². The van der Waals surface area contributed by atoms with Gasteiger partial charge in [-0.25, -0.2) is 5.01 Å². The molecule has 0 saturated carbocycles. The highest BCUT2D eigenvalue weighted by Gasteiger charge is 2.41. The van der Waals surface area contributed by atoms with Crippen LogP contribution in [-0.4, -0.2) is 17.0 Å². The molecule has 4 aromatic carbocycles. The molecule has 3 unspecified atom stereocenters. The highest BCUT2D eigenvalue weighted by atomic mass is 32.1. The van der Waals surface area contributed by atoms with Gasteiger partial charge in [0.1, 0.15) is 6.17 Å². The molecule has 3 atom stereocenters. The molecule has 198 valence electrons. The third kappa shape index (κ3) is 5.38. The number of rotatable bonds is 8. The van der Waals surface area contributed by atoms with Gasteiger partial charge in [-0.1, -0.05) is 97.9 Å². The Morgan fingerprint density at radius 1 is 0.725 bits per heavy atom. The average Bonchev–Trinajstić information content (AvgIpc) is 3.43. The number of aromatic nitrogens is 1. The van der Waals surface area contributed by atoms with Crippen LogP contribution in [0.3, 0.4) is 0 Å². The van der Waals surface area contributed by atoms with Gasteiger partial charge in [-0.15, -0.1) is 0 Å². The zero-order valence-corrected chi connectivity index (χ0v) is 23.3. The molecule has 5 heteroatoms. The van der Waals surface area contributed by atoms with Gasteiger partial charge in [-0.2, -0.15) is 17.7 Å². The third-order valence-electron chi connectivity index (χ3n) is 7.37. The van der Waals surface area contributed by atoms with Crippen molar-refractivity contribution in [3.63, 3.8) is 0 Å². The molecule has 0 amide bonds. The van der Waals surface area contributed by atoms with E-state index in [1.165, 1.54) is 11.1 Å². The number of amidine groups is 1. The topological polar surface area (TPSA) is 31.7 Å². The summed E-state index contributed by atoms with van der Waals surface area (Å²) in [6, 6.07) is 46.3. The van der Waals surface area contributed by atoms with E-state index in [1.807, 2.05) is 48.7 Å². The van der Waals surface area contributed by atoms with Crippen molar-refractivity contribution in [3.8, 4) is 0 Å². The van der Waals surface area contributed by atoms with Gasteiger partial charge >= 0.3 is 0 Å². The molecule has 0 fully saturated rings. The maximum Gasteiger partial charge on any atom is 0.162 e. The molecule has 0 saturated heterocycles. The first-order chi connectivity index (χ1) is 19.7. The minimum atomic E-state index is -0.233. The number of thiol groups is 1. The molecule has 0 aliphatic carbocycles. The summed E-state index contributed by atoms with van der Waals surface area (Å²) < 4.78 is 0. The SMILES string of the molecule is CC(Cc1ccccc1)c1cccc(C2=NN(c3ccccc3)C(C(S)c3ccccn3)N2c2ccccc2)c1. The molecule has 1 aliphatic rings. The van der Waals surface area contributed by atoms with E-state index in [2.05, 4.69) is 113 Å². The Morgan fingerprint density at radius 2 is 1.38 bits per heavy atom. The lowest BCUT2D eigenvalue weighted by Crippen LogP contribution is -2.45. The average molecular weight is 541 g/mol. The van der Waals surface area contributed by atoms with Crippen LogP contribution >= 0.6 is 12.6 Å². The Hall–Kier alpha value is -4.35. The summed E-state index contributed by atoms with van der Waals surface area (Å²) >= 11 is 5.18. The number of benzene rings is 4. The van der Waals surface area contributed by atoms with E-state index in [1.54, 1.807) is 0 Å². The molecule has 1 aromatic heterocycles. The largest absolute Gasteiger partial charge is 0.300 e. The Balaban J connectivity index is 1.45. The smallest absolute Gasteiger partial charge is 0.162 e. The summed E-state index contributed by atoms with van der Waals surface area (Å²) in [6.07, 6.45) is 2.58. The number of hydrazone groups is 1. The van der Waals surface area contributed by atoms with Crippen molar-refractivity contribution < 1.29 is 0 Å². The second-order valence-electron chi connectivity index (χ2n) is 10.1. The molecule has 0 radical (unpaired) electrons. The molecule has 0 N–H and O–H groups in total. The first-order valence-corrected chi connectivity index (χ1v) is 14.2. The fourth-order valence-corrected chi connectivity index (χ4v) is 5.76. The molecule has 40 heavy (non-hydrogen) atoms. The number of hydrogen-bond acceptors (Lipinski definition) is 5. The van der Waals surface area contributed by atoms with Crippen LogP contribution in [0.2, 0.25) is 0 Å². The maximum atomic E-state index is 5.30. The first-order valence-electron chi connectivity index (χ1n) is 13.7. The van der Waals surface area contributed by atoms with Crippen molar-refractivity contribution in [1.82, 2.24) is 4.98 Å². The lowest BCUT2D eigenvalue weighted by molar-refractivity contribution is 0.634. The normalized spacial score (nSPS) is 16.4. The van der Waals surface area contributed by atoms with Gasteiger partial charge in [0.15, 0.2) is 5.84 Å². The van der Waals surface area contributed by atoms with Gasteiger partial charge in [0.2, 0.25) is 0 Å². The molecule has 6 rings (SSSR count). The van der Waals surface area contributed by atoms with Crippen LogP contribution in [0.4, 0.5) is 11.4 Å². The number of hydrogen-bond donors (Lipinski definition) is 1. The Morgan fingerprint density at radius 3 is 2.05 bits per heavy atom. The van der Waals surface area contributed by atoms with Crippen LogP contribution < -0.4 is 9.91 Å². The predicted octanol–water partition coefficient (Wildman–Crippen LogP) is 8.11. The fourth-order valence-electron chi connectivity index (χ4n) is 5.34. The van der Waals surface area contributed by atoms with E-state index in [-0.39, 0.29) is 11.4 Å². The van der Waals surface area contributed by atoms with E-state index < -0.39 is 0 Å². The molecule has 5 aromatic rings. The second-order valence-corrected chi connectivity index (χ2v) is 10.7.